The average molecular weight is 226 g/mol. The van der Waals surface area contributed by atoms with E-state index >= 15 is 0 Å². The van der Waals surface area contributed by atoms with Gasteiger partial charge in [-0.15, -0.1) is 10.2 Å². The van der Waals surface area contributed by atoms with Gasteiger partial charge >= 0.3 is 0 Å². The second-order valence-electron chi connectivity index (χ2n) is 4.95. The lowest BCUT2D eigenvalue weighted by molar-refractivity contribution is 0.396. The molecule has 2 saturated carbocycles. The maximum atomic E-state index is 6.15. The number of aromatic nitrogens is 3. The van der Waals surface area contributed by atoms with Gasteiger partial charge in [0.15, 0.2) is 0 Å². The third-order valence-electron chi connectivity index (χ3n) is 3.77. The van der Waals surface area contributed by atoms with Crippen molar-refractivity contribution in [3.8, 4) is 0 Å². The van der Waals surface area contributed by atoms with Crippen LogP contribution < -0.4 is 0 Å². The first kappa shape index (κ1) is 9.64. The van der Waals surface area contributed by atoms with Gasteiger partial charge in [-0.1, -0.05) is 13.3 Å². The van der Waals surface area contributed by atoms with Gasteiger partial charge in [-0.25, -0.2) is 0 Å². The predicted molar refractivity (Wildman–Crippen MR) is 59.1 cm³/mol. The molecule has 2 aliphatic carbocycles. The first-order valence-electron chi connectivity index (χ1n) is 5.87. The van der Waals surface area contributed by atoms with E-state index in [4.69, 9.17) is 11.6 Å². The predicted octanol–water partition coefficient (Wildman–Crippen LogP) is 3.17. The molecule has 0 saturated heterocycles. The van der Waals surface area contributed by atoms with Gasteiger partial charge in [0.2, 0.25) is 5.28 Å². The van der Waals surface area contributed by atoms with Crippen molar-refractivity contribution in [1.29, 1.82) is 0 Å². The van der Waals surface area contributed by atoms with E-state index in [1.54, 1.807) is 0 Å². The fraction of sp³-hybridized carbons (Fsp3) is 0.818. The Labute approximate surface area is 94.8 Å². The van der Waals surface area contributed by atoms with Crippen molar-refractivity contribution >= 4 is 11.6 Å². The molecule has 3 rings (SSSR count). The van der Waals surface area contributed by atoms with Gasteiger partial charge in [-0.2, -0.15) is 0 Å². The molecule has 2 aliphatic rings. The molecule has 2 atom stereocenters. The maximum Gasteiger partial charge on any atom is 0.225 e. The second kappa shape index (κ2) is 3.48. The SMILES string of the molecule is CC1CCCC1n1c(Cl)nnc1C1CC1. The zero-order chi connectivity index (χ0) is 10.4. The molecule has 0 aliphatic heterocycles. The van der Waals surface area contributed by atoms with Gasteiger partial charge in [0.25, 0.3) is 0 Å². The highest BCUT2D eigenvalue weighted by Gasteiger charge is 2.35. The Balaban J connectivity index is 1.97. The lowest BCUT2D eigenvalue weighted by Gasteiger charge is -2.19. The van der Waals surface area contributed by atoms with Crippen LogP contribution in [0.15, 0.2) is 0 Å². The first-order valence-corrected chi connectivity index (χ1v) is 6.25. The van der Waals surface area contributed by atoms with Crippen LogP contribution in [-0.2, 0) is 0 Å². The van der Waals surface area contributed by atoms with Gasteiger partial charge in [-0.3, -0.25) is 4.57 Å². The Morgan fingerprint density at radius 3 is 2.60 bits per heavy atom. The lowest BCUT2D eigenvalue weighted by atomic mass is 10.1. The van der Waals surface area contributed by atoms with Crippen molar-refractivity contribution in [2.75, 3.05) is 0 Å². The Hall–Kier alpha value is -0.570. The number of hydrogen-bond acceptors (Lipinski definition) is 2. The van der Waals surface area contributed by atoms with E-state index in [9.17, 15) is 0 Å². The van der Waals surface area contributed by atoms with Gasteiger partial charge in [0.05, 0.1) is 0 Å². The summed E-state index contributed by atoms with van der Waals surface area (Å²) in [5.41, 5.74) is 0. The number of nitrogens with zero attached hydrogens (tertiary/aromatic N) is 3. The highest BCUT2D eigenvalue weighted by molar-refractivity contribution is 6.28. The van der Waals surface area contributed by atoms with Crippen molar-refractivity contribution in [3.63, 3.8) is 0 Å². The summed E-state index contributed by atoms with van der Waals surface area (Å²) < 4.78 is 2.21. The zero-order valence-electron chi connectivity index (χ0n) is 8.99. The maximum absolute atomic E-state index is 6.15. The summed E-state index contributed by atoms with van der Waals surface area (Å²) in [5.74, 6) is 2.49. The van der Waals surface area contributed by atoms with Gasteiger partial charge in [0.1, 0.15) is 5.82 Å². The molecule has 82 valence electrons. The summed E-state index contributed by atoms with van der Waals surface area (Å²) in [5, 5.41) is 8.87. The number of hydrogen-bond donors (Lipinski definition) is 0. The first-order chi connectivity index (χ1) is 7.27. The summed E-state index contributed by atoms with van der Waals surface area (Å²) >= 11 is 6.15. The van der Waals surface area contributed by atoms with Gasteiger partial charge in [-0.05, 0) is 43.2 Å². The van der Waals surface area contributed by atoms with Crippen LogP contribution in [-0.4, -0.2) is 14.8 Å². The Morgan fingerprint density at radius 1 is 1.20 bits per heavy atom. The fourth-order valence-electron chi connectivity index (χ4n) is 2.72. The molecule has 15 heavy (non-hydrogen) atoms. The summed E-state index contributed by atoms with van der Waals surface area (Å²) in [6, 6.07) is 0.545. The van der Waals surface area contributed by atoms with E-state index in [0.29, 0.717) is 17.2 Å². The van der Waals surface area contributed by atoms with E-state index in [-0.39, 0.29) is 0 Å². The highest BCUT2D eigenvalue weighted by Crippen LogP contribution is 2.44. The lowest BCUT2D eigenvalue weighted by Crippen LogP contribution is -2.14. The second-order valence-corrected chi connectivity index (χ2v) is 5.29. The number of rotatable bonds is 2. The summed E-state index contributed by atoms with van der Waals surface area (Å²) in [6.07, 6.45) is 6.37. The van der Waals surface area contributed by atoms with E-state index < -0.39 is 0 Å². The highest BCUT2D eigenvalue weighted by atomic mass is 35.5. The quantitative estimate of drug-likeness (QED) is 0.774. The Kier molecular flexibility index (Phi) is 2.23. The van der Waals surface area contributed by atoms with E-state index in [2.05, 4.69) is 21.7 Å². The largest absolute Gasteiger partial charge is 0.298 e. The minimum atomic E-state index is 0.545. The van der Waals surface area contributed by atoms with Crippen molar-refractivity contribution in [2.24, 2.45) is 5.92 Å². The van der Waals surface area contributed by atoms with Crippen molar-refractivity contribution in [2.45, 2.75) is 51.0 Å². The van der Waals surface area contributed by atoms with Crippen LogP contribution >= 0.6 is 11.6 Å². The monoisotopic (exact) mass is 225 g/mol. The molecule has 2 fully saturated rings. The van der Waals surface area contributed by atoms with Crippen LogP contribution in [0.1, 0.15) is 56.8 Å². The van der Waals surface area contributed by atoms with Crippen LogP contribution in [0.3, 0.4) is 0 Å². The molecular formula is C11H16ClN3. The minimum Gasteiger partial charge on any atom is -0.298 e. The van der Waals surface area contributed by atoms with Crippen molar-refractivity contribution in [1.82, 2.24) is 14.8 Å². The molecule has 0 aromatic carbocycles. The van der Waals surface area contributed by atoms with Crippen LogP contribution in [0.25, 0.3) is 0 Å². The van der Waals surface area contributed by atoms with Gasteiger partial charge in [0, 0.05) is 12.0 Å². The summed E-state index contributed by atoms with van der Waals surface area (Å²) in [6.45, 7) is 2.31. The molecule has 1 aromatic heterocycles. The zero-order valence-corrected chi connectivity index (χ0v) is 9.74. The Morgan fingerprint density at radius 2 is 2.00 bits per heavy atom. The third kappa shape index (κ3) is 1.57. The molecule has 2 unspecified atom stereocenters. The molecule has 3 nitrogen and oxygen atoms in total. The topological polar surface area (TPSA) is 30.7 Å². The van der Waals surface area contributed by atoms with Crippen molar-refractivity contribution in [3.05, 3.63) is 11.1 Å². The normalized spacial score (nSPS) is 31.1. The van der Waals surface area contributed by atoms with E-state index in [0.717, 1.165) is 11.7 Å². The minimum absolute atomic E-state index is 0.545. The smallest absolute Gasteiger partial charge is 0.225 e. The molecule has 1 aromatic rings. The van der Waals surface area contributed by atoms with Crippen molar-refractivity contribution < 1.29 is 0 Å². The summed E-state index contributed by atoms with van der Waals surface area (Å²) in [7, 11) is 0. The third-order valence-corrected chi connectivity index (χ3v) is 4.03. The standard InChI is InChI=1S/C11H16ClN3/c1-7-3-2-4-9(7)15-10(8-5-6-8)13-14-11(15)12/h7-9H,2-6H2,1H3. The molecule has 4 heteroatoms. The van der Waals surface area contributed by atoms with Crippen LogP contribution in [0.2, 0.25) is 5.28 Å². The molecule has 0 amide bonds. The molecular weight excluding hydrogens is 210 g/mol. The fourth-order valence-corrected chi connectivity index (χ4v) is 2.97. The average Bonchev–Trinajstić information content (AvgIpc) is 2.88. The summed E-state index contributed by atoms with van der Waals surface area (Å²) in [4.78, 5) is 0. The molecule has 0 N–H and O–H groups in total. The van der Waals surface area contributed by atoms with E-state index in [1.807, 2.05) is 0 Å². The molecule has 0 spiro atoms. The number of halogens is 1. The van der Waals surface area contributed by atoms with Crippen LogP contribution in [0.4, 0.5) is 0 Å². The molecule has 0 bridgehead atoms. The van der Waals surface area contributed by atoms with E-state index in [1.165, 1.54) is 32.1 Å². The molecule has 0 radical (unpaired) electrons. The molecule has 1 heterocycles. The van der Waals surface area contributed by atoms with Crippen LogP contribution in [0, 0.1) is 5.92 Å². The van der Waals surface area contributed by atoms with Gasteiger partial charge < -0.3 is 0 Å². The Bertz CT molecular complexity index is 370. The van der Waals surface area contributed by atoms with Crippen LogP contribution in [0.5, 0.6) is 0 Å².